The average Bonchev–Trinajstić information content (AvgIpc) is 2.01. The summed E-state index contributed by atoms with van der Waals surface area (Å²) in [6, 6.07) is 0.377. The second-order valence-electron chi connectivity index (χ2n) is 3.96. The third kappa shape index (κ3) is 1.48. The summed E-state index contributed by atoms with van der Waals surface area (Å²) in [5.41, 5.74) is -0.883. The van der Waals surface area contributed by atoms with Gasteiger partial charge in [0.1, 0.15) is 5.60 Å². The Balaban J connectivity index is 2.76. The van der Waals surface area contributed by atoms with Gasteiger partial charge in [-0.25, -0.2) is 0 Å². The normalized spacial score (nSPS) is 43.9. The Kier molecular flexibility index (Phi) is 2.46. The molecule has 3 atom stereocenters. The van der Waals surface area contributed by atoms with E-state index in [4.69, 9.17) is 6.42 Å². The lowest BCUT2D eigenvalue weighted by Gasteiger charge is -2.42. The fraction of sp³-hybridized carbons (Fsp3) is 0.800. The molecule has 12 heavy (non-hydrogen) atoms. The van der Waals surface area contributed by atoms with Gasteiger partial charge in [-0.1, -0.05) is 12.8 Å². The van der Waals surface area contributed by atoms with Gasteiger partial charge in [0.25, 0.3) is 0 Å². The molecule has 0 amide bonds. The molecule has 68 valence electrons. The number of rotatable bonds is 0. The van der Waals surface area contributed by atoms with Crippen molar-refractivity contribution < 1.29 is 5.11 Å². The Bertz CT molecular complexity index is 208. The van der Waals surface area contributed by atoms with E-state index in [9.17, 15) is 5.11 Å². The summed E-state index contributed by atoms with van der Waals surface area (Å²) in [5.74, 6) is 2.68. The van der Waals surface area contributed by atoms with Crippen LogP contribution >= 0.6 is 0 Å². The van der Waals surface area contributed by atoms with E-state index in [1.165, 1.54) is 0 Å². The first-order valence-corrected chi connectivity index (χ1v) is 4.40. The van der Waals surface area contributed by atoms with Crippen LogP contribution in [0.2, 0.25) is 0 Å². The Morgan fingerprint density at radius 2 is 2.17 bits per heavy atom. The van der Waals surface area contributed by atoms with Crippen molar-refractivity contribution in [1.29, 1.82) is 0 Å². The van der Waals surface area contributed by atoms with E-state index in [2.05, 4.69) is 24.8 Å². The zero-order valence-corrected chi connectivity index (χ0v) is 8.04. The van der Waals surface area contributed by atoms with Gasteiger partial charge in [-0.15, -0.1) is 6.42 Å². The van der Waals surface area contributed by atoms with Gasteiger partial charge >= 0.3 is 0 Å². The summed E-state index contributed by atoms with van der Waals surface area (Å²) in [4.78, 5) is 2.23. The van der Waals surface area contributed by atoms with Crippen LogP contribution in [0.15, 0.2) is 0 Å². The number of hydrogen-bond donors (Lipinski definition) is 1. The topological polar surface area (TPSA) is 23.5 Å². The van der Waals surface area contributed by atoms with E-state index in [0.29, 0.717) is 12.5 Å². The van der Waals surface area contributed by atoms with Gasteiger partial charge < -0.3 is 10.0 Å². The minimum atomic E-state index is -0.883. The van der Waals surface area contributed by atoms with Crippen LogP contribution in [-0.2, 0) is 0 Å². The van der Waals surface area contributed by atoms with Crippen LogP contribution in [-0.4, -0.2) is 35.2 Å². The lowest BCUT2D eigenvalue weighted by atomic mass is 9.80. The Morgan fingerprint density at radius 1 is 1.58 bits per heavy atom. The standard InChI is InChI=1S/C10H17NO/c1-5-10(12)6-9(3)11(4)7-8(10)2/h1,8-9,12H,6-7H2,2-4H3/t8-,9+,10+/m0/s1. The molecule has 1 aliphatic heterocycles. The number of hydrogen-bond acceptors (Lipinski definition) is 2. The number of aliphatic hydroxyl groups is 1. The maximum atomic E-state index is 9.97. The zero-order valence-electron chi connectivity index (χ0n) is 8.04. The quantitative estimate of drug-likeness (QED) is 0.537. The fourth-order valence-corrected chi connectivity index (χ4v) is 1.77. The monoisotopic (exact) mass is 167 g/mol. The highest BCUT2D eigenvalue weighted by atomic mass is 16.3. The molecule has 1 aliphatic rings. The summed E-state index contributed by atoms with van der Waals surface area (Å²) in [7, 11) is 2.07. The van der Waals surface area contributed by atoms with Gasteiger partial charge in [0.2, 0.25) is 0 Å². The number of terminal acetylenes is 1. The summed E-state index contributed by atoms with van der Waals surface area (Å²) < 4.78 is 0. The molecule has 1 N–H and O–H groups in total. The van der Waals surface area contributed by atoms with Crippen LogP contribution in [0.1, 0.15) is 20.3 Å². The molecule has 0 saturated carbocycles. The Morgan fingerprint density at radius 3 is 2.67 bits per heavy atom. The second kappa shape index (κ2) is 3.08. The number of likely N-dealkylation sites (tertiary alicyclic amines) is 1. The van der Waals surface area contributed by atoms with E-state index in [1.54, 1.807) is 0 Å². The predicted octanol–water partition coefficient (Wildman–Crippen LogP) is 0.711. The third-order valence-electron chi connectivity index (χ3n) is 2.99. The Labute approximate surface area is 74.6 Å². The first-order valence-electron chi connectivity index (χ1n) is 4.40. The van der Waals surface area contributed by atoms with E-state index in [1.807, 2.05) is 6.92 Å². The summed E-state index contributed by atoms with van der Waals surface area (Å²) in [5, 5.41) is 9.97. The SMILES string of the molecule is C#C[C@@]1(O)C[C@@H](C)N(C)C[C@@H]1C. The lowest BCUT2D eigenvalue weighted by molar-refractivity contribution is -0.0345. The van der Waals surface area contributed by atoms with Crippen molar-refractivity contribution in [1.82, 2.24) is 4.90 Å². The van der Waals surface area contributed by atoms with Crippen LogP contribution < -0.4 is 0 Å². The second-order valence-corrected chi connectivity index (χ2v) is 3.96. The van der Waals surface area contributed by atoms with Gasteiger partial charge in [0, 0.05) is 24.9 Å². The maximum absolute atomic E-state index is 9.97. The van der Waals surface area contributed by atoms with Crippen LogP contribution in [0.5, 0.6) is 0 Å². The Hall–Kier alpha value is -0.520. The van der Waals surface area contributed by atoms with Crippen LogP contribution in [0.25, 0.3) is 0 Å². The molecule has 1 rings (SSSR count). The minimum absolute atomic E-state index is 0.170. The minimum Gasteiger partial charge on any atom is -0.377 e. The molecule has 0 bridgehead atoms. The molecule has 2 heteroatoms. The molecular formula is C10H17NO. The first kappa shape index (κ1) is 9.57. The number of nitrogens with zero attached hydrogens (tertiary/aromatic N) is 1. The van der Waals surface area contributed by atoms with Crippen molar-refractivity contribution in [2.45, 2.75) is 31.9 Å². The van der Waals surface area contributed by atoms with Gasteiger partial charge in [-0.2, -0.15) is 0 Å². The van der Waals surface area contributed by atoms with Crippen molar-refractivity contribution >= 4 is 0 Å². The summed E-state index contributed by atoms with van der Waals surface area (Å²) >= 11 is 0. The highest BCUT2D eigenvalue weighted by Gasteiger charge is 2.39. The van der Waals surface area contributed by atoms with Crippen LogP contribution in [0, 0.1) is 18.3 Å². The van der Waals surface area contributed by atoms with Crippen LogP contribution in [0.4, 0.5) is 0 Å². The van der Waals surface area contributed by atoms with Crippen molar-refractivity contribution in [3.63, 3.8) is 0 Å². The molecule has 0 aromatic heterocycles. The third-order valence-corrected chi connectivity index (χ3v) is 2.99. The van der Waals surface area contributed by atoms with Crippen LogP contribution in [0.3, 0.4) is 0 Å². The van der Waals surface area contributed by atoms with E-state index < -0.39 is 5.60 Å². The molecule has 1 heterocycles. The predicted molar refractivity (Wildman–Crippen MR) is 49.7 cm³/mol. The molecule has 2 nitrogen and oxygen atoms in total. The van der Waals surface area contributed by atoms with Crippen molar-refractivity contribution in [2.24, 2.45) is 5.92 Å². The highest BCUT2D eigenvalue weighted by molar-refractivity contribution is 5.13. The van der Waals surface area contributed by atoms with Crippen molar-refractivity contribution in [2.75, 3.05) is 13.6 Å². The molecule has 0 spiro atoms. The molecule has 1 saturated heterocycles. The fourth-order valence-electron chi connectivity index (χ4n) is 1.77. The smallest absolute Gasteiger partial charge is 0.130 e. The largest absolute Gasteiger partial charge is 0.377 e. The molecule has 0 unspecified atom stereocenters. The van der Waals surface area contributed by atoms with E-state index >= 15 is 0 Å². The molecule has 0 aromatic carbocycles. The van der Waals surface area contributed by atoms with Crippen molar-refractivity contribution in [3.05, 3.63) is 0 Å². The first-order chi connectivity index (χ1) is 5.49. The van der Waals surface area contributed by atoms with Crippen molar-refractivity contribution in [3.8, 4) is 12.3 Å². The van der Waals surface area contributed by atoms with E-state index in [-0.39, 0.29) is 5.92 Å². The molecule has 1 fully saturated rings. The maximum Gasteiger partial charge on any atom is 0.130 e. The highest BCUT2D eigenvalue weighted by Crippen LogP contribution is 2.29. The summed E-state index contributed by atoms with van der Waals surface area (Å²) in [6.07, 6.45) is 6.00. The van der Waals surface area contributed by atoms with Gasteiger partial charge in [-0.3, -0.25) is 0 Å². The lowest BCUT2D eigenvalue weighted by Crippen LogP contribution is -2.52. The van der Waals surface area contributed by atoms with Gasteiger partial charge in [0.15, 0.2) is 0 Å². The summed E-state index contributed by atoms with van der Waals surface area (Å²) in [6.45, 7) is 4.97. The molecule has 0 aliphatic carbocycles. The molecular weight excluding hydrogens is 150 g/mol. The van der Waals surface area contributed by atoms with Gasteiger partial charge in [-0.05, 0) is 14.0 Å². The van der Waals surface area contributed by atoms with E-state index in [0.717, 1.165) is 6.54 Å². The number of piperidine rings is 1. The zero-order chi connectivity index (χ0) is 9.35. The average molecular weight is 167 g/mol. The molecule has 0 radical (unpaired) electrons. The molecule has 0 aromatic rings. The van der Waals surface area contributed by atoms with Gasteiger partial charge in [0.05, 0.1) is 0 Å².